The predicted molar refractivity (Wildman–Crippen MR) is 138 cm³/mol. The number of hydrogen-bond donors (Lipinski definition) is 3. The number of carbonyl (C=O) groups excluding carboxylic acids is 1. The smallest absolute Gasteiger partial charge is 0.251 e. The van der Waals surface area contributed by atoms with E-state index in [1.165, 1.54) is 0 Å². The van der Waals surface area contributed by atoms with Gasteiger partial charge in [-0.2, -0.15) is 0 Å². The topological polar surface area (TPSA) is 82.9 Å². The molecule has 8 heteroatoms. The molecule has 1 amide bonds. The summed E-state index contributed by atoms with van der Waals surface area (Å²) in [7, 11) is 4.05. The Kier molecular flexibility index (Phi) is 6.65. The number of ether oxygens (including phenoxy) is 1. The maximum absolute atomic E-state index is 12.4. The molecule has 0 radical (unpaired) electrons. The van der Waals surface area contributed by atoms with Gasteiger partial charge in [0.2, 0.25) is 0 Å². The van der Waals surface area contributed by atoms with Gasteiger partial charge in [-0.1, -0.05) is 0 Å². The molecular formula is C27H30N6O2. The number of aromatic nitrogens is 2. The van der Waals surface area contributed by atoms with Gasteiger partial charge in [0.25, 0.3) is 5.91 Å². The van der Waals surface area contributed by atoms with E-state index < -0.39 is 0 Å². The maximum atomic E-state index is 12.4. The van der Waals surface area contributed by atoms with Gasteiger partial charge in [-0.25, -0.2) is 4.98 Å². The van der Waals surface area contributed by atoms with Crippen molar-refractivity contribution in [2.45, 2.75) is 13.0 Å². The van der Waals surface area contributed by atoms with Crippen LogP contribution in [0.3, 0.4) is 0 Å². The number of fused-ring (bicyclic) bond motifs is 2. The van der Waals surface area contributed by atoms with E-state index in [1.54, 1.807) is 6.20 Å². The van der Waals surface area contributed by atoms with Crippen LogP contribution in [0.25, 0.3) is 16.9 Å². The number of hydrogen-bond acceptors (Lipinski definition) is 6. The zero-order chi connectivity index (χ0) is 24.2. The van der Waals surface area contributed by atoms with Gasteiger partial charge in [-0.05, 0) is 87.2 Å². The minimum absolute atomic E-state index is 0.0547. The van der Waals surface area contributed by atoms with Crippen LogP contribution in [-0.2, 0) is 6.54 Å². The van der Waals surface area contributed by atoms with E-state index in [1.807, 2.05) is 56.7 Å². The number of imidazole rings is 1. The van der Waals surface area contributed by atoms with Crippen LogP contribution in [-0.4, -0.2) is 54.1 Å². The lowest BCUT2D eigenvalue weighted by molar-refractivity contribution is 0.0952. The predicted octanol–water partition coefficient (Wildman–Crippen LogP) is 3.87. The van der Waals surface area contributed by atoms with Crippen molar-refractivity contribution in [2.24, 2.45) is 0 Å². The Morgan fingerprint density at radius 2 is 2.00 bits per heavy atom. The molecule has 3 heterocycles. The first-order chi connectivity index (χ1) is 17.1. The molecule has 0 aliphatic carbocycles. The van der Waals surface area contributed by atoms with E-state index in [4.69, 9.17) is 4.74 Å². The quantitative estimate of drug-likeness (QED) is 0.339. The minimum atomic E-state index is -0.0547. The number of amides is 1. The molecule has 8 nitrogen and oxygen atoms in total. The van der Waals surface area contributed by atoms with Gasteiger partial charge in [-0.15, -0.1) is 0 Å². The molecule has 1 aliphatic heterocycles. The van der Waals surface area contributed by atoms with Crippen molar-refractivity contribution in [3.8, 4) is 17.0 Å². The average Bonchev–Trinajstić information content (AvgIpc) is 3.37. The lowest BCUT2D eigenvalue weighted by Gasteiger charge is -2.19. The normalized spacial score (nSPS) is 12.9. The monoisotopic (exact) mass is 470 g/mol. The zero-order valence-corrected chi connectivity index (χ0v) is 20.0. The molecule has 2 aromatic heterocycles. The van der Waals surface area contributed by atoms with E-state index in [2.05, 4.69) is 48.4 Å². The van der Waals surface area contributed by atoms with Crippen LogP contribution in [0.5, 0.6) is 5.75 Å². The molecule has 4 aromatic rings. The van der Waals surface area contributed by atoms with Crippen LogP contribution < -0.4 is 20.7 Å². The molecule has 0 bridgehead atoms. The molecule has 0 saturated carbocycles. The fourth-order valence-corrected chi connectivity index (χ4v) is 4.24. The summed E-state index contributed by atoms with van der Waals surface area (Å²) in [6, 6.07) is 17.9. The number of anilines is 2. The number of pyridine rings is 1. The third kappa shape index (κ3) is 5.13. The number of rotatable bonds is 8. The van der Waals surface area contributed by atoms with Crippen LogP contribution >= 0.6 is 0 Å². The SMILES string of the molecule is CN(C)CCCNC(=O)c1ccc(Nc2ccc(-c3ccc4c(c3)CNCO4)n3ccnc23)cc1. The molecule has 0 saturated heterocycles. The van der Waals surface area contributed by atoms with Gasteiger partial charge in [0, 0.05) is 42.3 Å². The van der Waals surface area contributed by atoms with Crippen LogP contribution in [0, 0.1) is 0 Å². The van der Waals surface area contributed by atoms with Crippen molar-refractivity contribution >= 4 is 22.9 Å². The second-order valence-corrected chi connectivity index (χ2v) is 8.91. The lowest BCUT2D eigenvalue weighted by atomic mass is 10.1. The second-order valence-electron chi connectivity index (χ2n) is 8.91. The van der Waals surface area contributed by atoms with Crippen LogP contribution in [0.15, 0.2) is 67.0 Å². The molecule has 1 aliphatic rings. The molecule has 2 aromatic carbocycles. The van der Waals surface area contributed by atoms with Crippen molar-refractivity contribution < 1.29 is 9.53 Å². The van der Waals surface area contributed by atoms with Gasteiger partial charge in [0.05, 0.1) is 11.4 Å². The fraction of sp³-hybridized carbons (Fsp3) is 0.259. The molecule has 180 valence electrons. The van der Waals surface area contributed by atoms with Crippen molar-refractivity contribution in [3.05, 3.63) is 78.1 Å². The summed E-state index contributed by atoms with van der Waals surface area (Å²) in [4.78, 5) is 19.1. The van der Waals surface area contributed by atoms with E-state index in [0.717, 1.165) is 59.1 Å². The van der Waals surface area contributed by atoms with Gasteiger partial charge >= 0.3 is 0 Å². The summed E-state index contributed by atoms with van der Waals surface area (Å²) in [6.07, 6.45) is 4.69. The third-order valence-electron chi connectivity index (χ3n) is 6.04. The highest BCUT2D eigenvalue weighted by molar-refractivity contribution is 5.94. The Hall–Kier alpha value is -3.88. The Morgan fingerprint density at radius 3 is 2.83 bits per heavy atom. The summed E-state index contributed by atoms with van der Waals surface area (Å²) in [5.74, 6) is 0.874. The Balaban J connectivity index is 1.31. The van der Waals surface area contributed by atoms with Crippen LogP contribution in [0.4, 0.5) is 11.4 Å². The van der Waals surface area contributed by atoms with Crippen LogP contribution in [0.2, 0.25) is 0 Å². The van der Waals surface area contributed by atoms with E-state index >= 15 is 0 Å². The summed E-state index contributed by atoms with van der Waals surface area (Å²) < 4.78 is 7.74. The molecular weight excluding hydrogens is 440 g/mol. The van der Waals surface area contributed by atoms with Crippen molar-refractivity contribution in [2.75, 3.05) is 39.2 Å². The summed E-state index contributed by atoms with van der Waals surface area (Å²) in [6.45, 7) is 2.94. The standard InChI is InChI=1S/C27H30N6O2/c1-32(2)14-3-12-30-27(34)19-4-7-22(8-5-19)31-23-9-10-24(33-15-13-29-26(23)33)20-6-11-25-21(16-20)17-28-18-35-25/h4-11,13,15-16,28,31H,3,12,14,17-18H2,1-2H3,(H,30,34). The third-order valence-corrected chi connectivity index (χ3v) is 6.04. The van der Waals surface area contributed by atoms with Crippen molar-refractivity contribution in [3.63, 3.8) is 0 Å². The summed E-state index contributed by atoms with van der Waals surface area (Å²) in [5, 5.41) is 9.65. The van der Waals surface area contributed by atoms with Crippen molar-refractivity contribution in [1.82, 2.24) is 24.9 Å². The highest BCUT2D eigenvalue weighted by Gasteiger charge is 2.14. The van der Waals surface area contributed by atoms with E-state index in [9.17, 15) is 4.79 Å². The van der Waals surface area contributed by atoms with Crippen molar-refractivity contribution in [1.29, 1.82) is 0 Å². The molecule has 35 heavy (non-hydrogen) atoms. The highest BCUT2D eigenvalue weighted by Crippen LogP contribution is 2.31. The number of carbonyl (C=O) groups is 1. The van der Waals surface area contributed by atoms with Gasteiger partial charge in [-0.3, -0.25) is 14.5 Å². The van der Waals surface area contributed by atoms with Gasteiger partial charge in [0.15, 0.2) is 5.65 Å². The first-order valence-corrected chi connectivity index (χ1v) is 11.8. The van der Waals surface area contributed by atoms with E-state index in [0.29, 0.717) is 18.8 Å². The number of nitrogens with zero attached hydrogens (tertiary/aromatic N) is 3. The van der Waals surface area contributed by atoms with Gasteiger partial charge in [0.1, 0.15) is 12.5 Å². The fourth-order valence-electron chi connectivity index (χ4n) is 4.24. The average molecular weight is 471 g/mol. The lowest BCUT2D eigenvalue weighted by Crippen LogP contribution is -2.27. The molecule has 5 rings (SSSR count). The Morgan fingerprint density at radius 1 is 1.14 bits per heavy atom. The summed E-state index contributed by atoms with van der Waals surface area (Å²) in [5.41, 5.74) is 6.56. The molecule has 0 spiro atoms. The molecule has 3 N–H and O–H groups in total. The molecule has 0 unspecified atom stereocenters. The summed E-state index contributed by atoms with van der Waals surface area (Å²) >= 11 is 0. The van der Waals surface area contributed by atoms with Crippen LogP contribution in [0.1, 0.15) is 22.3 Å². The molecule has 0 fully saturated rings. The minimum Gasteiger partial charge on any atom is -0.478 e. The van der Waals surface area contributed by atoms with E-state index in [-0.39, 0.29) is 5.91 Å². The Bertz CT molecular complexity index is 1330. The Labute approximate surface area is 204 Å². The second kappa shape index (κ2) is 10.2. The first-order valence-electron chi connectivity index (χ1n) is 11.8. The first kappa shape index (κ1) is 22.9. The number of nitrogens with one attached hydrogen (secondary N) is 3. The maximum Gasteiger partial charge on any atom is 0.251 e. The highest BCUT2D eigenvalue weighted by atomic mass is 16.5. The largest absolute Gasteiger partial charge is 0.478 e. The molecule has 0 atom stereocenters. The van der Waals surface area contributed by atoms with Gasteiger partial charge < -0.3 is 20.3 Å². The zero-order valence-electron chi connectivity index (χ0n) is 20.0. The number of benzene rings is 2.